The van der Waals surface area contributed by atoms with E-state index in [1.807, 2.05) is 25.1 Å². The topological polar surface area (TPSA) is 136 Å². The third kappa shape index (κ3) is 6.03. The smallest absolute Gasteiger partial charge is 0.264 e. The fourth-order valence-corrected chi connectivity index (χ4v) is 4.29. The Morgan fingerprint density at radius 1 is 1.20 bits per heavy atom. The van der Waals surface area contributed by atoms with Crippen molar-refractivity contribution in [1.29, 1.82) is 0 Å². The molecule has 1 aromatic rings. The summed E-state index contributed by atoms with van der Waals surface area (Å²) in [6, 6.07) is 3.84. The van der Waals surface area contributed by atoms with Crippen molar-refractivity contribution in [3.05, 3.63) is 29.8 Å². The van der Waals surface area contributed by atoms with Crippen LogP contribution in [0.2, 0.25) is 0 Å². The second-order valence-corrected chi connectivity index (χ2v) is 9.02. The highest BCUT2D eigenvalue weighted by atomic mass is 16.2. The molecule has 3 rings (SSSR count). The van der Waals surface area contributed by atoms with E-state index in [2.05, 4.69) is 10.6 Å². The Labute approximate surface area is 203 Å². The number of nitrogens with zero attached hydrogens (tertiary/aromatic N) is 3. The van der Waals surface area contributed by atoms with Crippen molar-refractivity contribution in [3.63, 3.8) is 0 Å². The number of benzene rings is 1. The fraction of sp³-hybridized carbons (Fsp3) is 0.500. The van der Waals surface area contributed by atoms with Crippen LogP contribution in [0.5, 0.6) is 0 Å². The first-order valence-corrected chi connectivity index (χ1v) is 11.6. The molecule has 11 nitrogen and oxygen atoms in total. The average molecular weight is 486 g/mol. The lowest BCUT2D eigenvalue weighted by molar-refractivity contribution is -0.176. The number of anilines is 1. The van der Waals surface area contributed by atoms with Gasteiger partial charge in [0.15, 0.2) is 0 Å². The SMILES string of the molecule is CC(=O)CC(C=O)NC(=O)C1CCCN2C(=O)CCC(NC(=O)c3cccc(N(C)C)c3)C(=O)N12. The van der Waals surface area contributed by atoms with Crippen LogP contribution in [0.25, 0.3) is 0 Å². The fourth-order valence-electron chi connectivity index (χ4n) is 4.29. The highest BCUT2D eigenvalue weighted by molar-refractivity contribution is 6.00. The third-order valence-corrected chi connectivity index (χ3v) is 6.09. The van der Waals surface area contributed by atoms with Crippen molar-refractivity contribution in [2.24, 2.45) is 0 Å². The maximum absolute atomic E-state index is 13.5. The van der Waals surface area contributed by atoms with Gasteiger partial charge >= 0.3 is 0 Å². The number of hydrogen-bond donors (Lipinski definition) is 2. The van der Waals surface area contributed by atoms with Gasteiger partial charge in [-0.2, -0.15) is 0 Å². The predicted octanol–water partition coefficient (Wildman–Crippen LogP) is 0.0422. The van der Waals surface area contributed by atoms with E-state index in [-0.39, 0.29) is 43.9 Å². The Hall–Kier alpha value is -3.76. The van der Waals surface area contributed by atoms with Gasteiger partial charge in [-0.15, -0.1) is 0 Å². The first kappa shape index (κ1) is 25.9. The van der Waals surface area contributed by atoms with Crippen LogP contribution < -0.4 is 15.5 Å². The van der Waals surface area contributed by atoms with Gasteiger partial charge in [0.25, 0.3) is 11.8 Å². The summed E-state index contributed by atoms with van der Waals surface area (Å²) in [5.74, 6) is -2.25. The molecule has 3 atom stereocenters. The van der Waals surface area contributed by atoms with Crippen molar-refractivity contribution in [2.75, 3.05) is 25.5 Å². The summed E-state index contributed by atoms with van der Waals surface area (Å²) >= 11 is 0. The van der Waals surface area contributed by atoms with Gasteiger partial charge in [0.05, 0.1) is 6.04 Å². The Morgan fingerprint density at radius 3 is 2.60 bits per heavy atom. The molecule has 0 aromatic heterocycles. The number of hydrazine groups is 1. The third-order valence-electron chi connectivity index (χ3n) is 6.09. The molecular formula is C24H31N5O6. The number of hydrogen-bond acceptors (Lipinski definition) is 7. The van der Waals surface area contributed by atoms with E-state index in [0.717, 1.165) is 10.7 Å². The molecule has 3 unspecified atom stereocenters. The van der Waals surface area contributed by atoms with Crippen LogP contribution in [0.4, 0.5) is 5.69 Å². The molecule has 2 N–H and O–H groups in total. The molecule has 188 valence electrons. The number of fused-ring (bicyclic) bond motifs is 1. The first-order chi connectivity index (χ1) is 16.6. The van der Waals surface area contributed by atoms with Gasteiger partial charge in [0.2, 0.25) is 11.8 Å². The number of amides is 4. The van der Waals surface area contributed by atoms with Gasteiger partial charge in [0, 0.05) is 44.7 Å². The van der Waals surface area contributed by atoms with Gasteiger partial charge in [-0.1, -0.05) is 6.07 Å². The maximum Gasteiger partial charge on any atom is 0.264 e. The summed E-state index contributed by atoms with van der Waals surface area (Å²) in [5, 5.41) is 7.60. The number of carbonyl (C=O) groups is 6. The summed E-state index contributed by atoms with van der Waals surface area (Å²) in [6.45, 7) is 1.58. The van der Waals surface area contributed by atoms with Crippen molar-refractivity contribution in [3.8, 4) is 0 Å². The van der Waals surface area contributed by atoms with Crippen LogP contribution in [0, 0.1) is 0 Å². The van der Waals surface area contributed by atoms with E-state index in [9.17, 15) is 28.8 Å². The molecule has 0 spiro atoms. The van der Waals surface area contributed by atoms with Crippen LogP contribution >= 0.6 is 0 Å². The second-order valence-electron chi connectivity index (χ2n) is 9.02. The summed E-state index contributed by atoms with van der Waals surface area (Å²) in [5.41, 5.74) is 1.18. The van der Waals surface area contributed by atoms with Gasteiger partial charge in [0.1, 0.15) is 24.2 Å². The first-order valence-electron chi connectivity index (χ1n) is 11.6. The van der Waals surface area contributed by atoms with Crippen LogP contribution in [0.15, 0.2) is 24.3 Å². The highest BCUT2D eigenvalue weighted by Gasteiger charge is 2.44. The van der Waals surface area contributed by atoms with Gasteiger partial charge < -0.3 is 20.3 Å². The molecule has 2 heterocycles. The summed E-state index contributed by atoms with van der Waals surface area (Å²) < 4.78 is 0. The Balaban J connectivity index is 1.81. The quantitative estimate of drug-likeness (QED) is 0.496. The van der Waals surface area contributed by atoms with Crippen LogP contribution in [0.1, 0.15) is 49.4 Å². The zero-order valence-corrected chi connectivity index (χ0v) is 20.2. The van der Waals surface area contributed by atoms with E-state index in [1.54, 1.807) is 18.2 Å². The van der Waals surface area contributed by atoms with Gasteiger partial charge in [-0.05, 0) is 44.4 Å². The molecule has 0 aliphatic carbocycles. The summed E-state index contributed by atoms with van der Waals surface area (Å²) in [6.07, 6.45) is 1.20. The molecule has 0 saturated carbocycles. The standard InChI is InChI=1S/C24H31N5O6/c1-15(31)12-17(14-30)25-23(34)20-8-5-11-28-21(32)10-9-19(24(35)29(20)28)26-22(33)16-6-4-7-18(13-16)27(2)3/h4,6-7,13-14,17,19-20H,5,8-12H2,1-3H3,(H,25,34)(H,26,33). The number of Topliss-reactive ketones (excluding diaryl/α,β-unsaturated/α-hetero) is 1. The van der Waals surface area contributed by atoms with E-state index >= 15 is 0 Å². The Kier molecular flexibility index (Phi) is 8.21. The Bertz CT molecular complexity index is 1030. The number of nitrogens with one attached hydrogen (secondary N) is 2. The van der Waals surface area contributed by atoms with E-state index in [4.69, 9.17) is 0 Å². The van der Waals surface area contributed by atoms with Crippen molar-refractivity contribution in [1.82, 2.24) is 20.7 Å². The monoisotopic (exact) mass is 485 g/mol. The maximum atomic E-state index is 13.5. The molecule has 2 fully saturated rings. The Morgan fingerprint density at radius 2 is 1.94 bits per heavy atom. The lowest BCUT2D eigenvalue weighted by atomic mass is 10.0. The minimum absolute atomic E-state index is 0.0283. The second kappa shape index (κ2) is 11.1. The number of aldehydes is 1. The van der Waals surface area contributed by atoms with Crippen molar-refractivity contribution < 1.29 is 28.8 Å². The lowest BCUT2D eigenvalue weighted by Gasteiger charge is -2.43. The minimum atomic E-state index is -1.04. The van der Waals surface area contributed by atoms with Crippen LogP contribution in [-0.2, 0) is 24.0 Å². The predicted molar refractivity (Wildman–Crippen MR) is 126 cm³/mol. The zero-order chi connectivity index (χ0) is 25.7. The molecule has 11 heteroatoms. The van der Waals surface area contributed by atoms with Gasteiger partial charge in [-0.25, -0.2) is 5.01 Å². The largest absolute Gasteiger partial charge is 0.378 e. The van der Waals surface area contributed by atoms with Gasteiger partial charge in [-0.3, -0.25) is 29.0 Å². The average Bonchev–Trinajstić information content (AvgIpc) is 2.95. The molecule has 4 amide bonds. The normalized spacial score (nSPS) is 20.9. The molecule has 0 bridgehead atoms. The molecule has 2 saturated heterocycles. The van der Waals surface area contributed by atoms with Crippen molar-refractivity contribution >= 4 is 41.4 Å². The van der Waals surface area contributed by atoms with Crippen LogP contribution in [0.3, 0.4) is 0 Å². The molecule has 2 aliphatic heterocycles. The molecule has 2 aliphatic rings. The van der Waals surface area contributed by atoms with Crippen molar-refractivity contribution in [2.45, 2.75) is 57.2 Å². The number of rotatable bonds is 8. The van der Waals surface area contributed by atoms with E-state index < -0.39 is 35.8 Å². The number of ketones is 1. The van der Waals surface area contributed by atoms with Crippen LogP contribution in [-0.4, -0.2) is 84.5 Å². The molecule has 0 radical (unpaired) electrons. The molecule has 1 aromatic carbocycles. The zero-order valence-electron chi connectivity index (χ0n) is 20.2. The van der Waals surface area contributed by atoms with E-state index in [0.29, 0.717) is 18.3 Å². The molecule has 35 heavy (non-hydrogen) atoms. The molecular weight excluding hydrogens is 454 g/mol. The summed E-state index contributed by atoms with van der Waals surface area (Å²) in [7, 11) is 3.69. The highest BCUT2D eigenvalue weighted by Crippen LogP contribution is 2.25. The summed E-state index contributed by atoms with van der Waals surface area (Å²) in [4.78, 5) is 76.8. The minimum Gasteiger partial charge on any atom is -0.378 e. The lowest BCUT2D eigenvalue weighted by Crippen LogP contribution is -2.64. The van der Waals surface area contributed by atoms with E-state index in [1.165, 1.54) is 11.9 Å². The number of carbonyl (C=O) groups excluding carboxylic acids is 6.